The molecule has 0 aliphatic heterocycles. The van der Waals surface area contributed by atoms with Crippen LogP contribution in [0, 0.1) is 5.92 Å². The molecule has 7 heavy (non-hydrogen) atoms. The van der Waals surface area contributed by atoms with Gasteiger partial charge in [0.25, 0.3) is 0 Å². The Morgan fingerprint density at radius 2 is 2.29 bits per heavy atom. The van der Waals surface area contributed by atoms with Crippen molar-refractivity contribution in [3.05, 3.63) is 0 Å². The summed E-state index contributed by atoms with van der Waals surface area (Å²) < 4.78 is 0. The molecule has 0 spiro atoms. The summed E-state index contributed by atoms with van der Waals surface area (Å²) in [4.78, 5) is 6.68. The molecular weight excluding hydrogens is 114 g/mol. The van der Waals surface area contributed by atoms with E-state index in [4.69, 9.17) is 11.8 Å². The van der Waals surface area contributed by atoms with Crippen molar-refractivity contribution >= 4 is 11.8 Å². The Bertz CT molecular complexity index is 40.7. The zero-order chi connectivity index (χ0) is 5.70. The zero-order valence-corrected chi connectivity index (χ0v) is 5.33. The predicted octanol–water partition coefficient (Wildman–Crippen LogP) is 1.32. The summed E-state index contributed by atoms with van der Waals surface area (Å²) in [6, 6.07) is 0. The third kappa shape index (κ3) is 6.21. The third-order valence-electron chi connectivity index (χ3n) is 0.471. The van der Waals surface area contributed by atoms with Crippen LogP contribution < -0.4 is 5.00 Å². The number of halogens is 1. The summed E-state index contributed by atoms with van der Waals surface area (Å²) in [6.07, 6.45) is 0. The van der Waals surface area contributed by atoms with Gasteiger partial charge in [0.2, 0.25) is 0 Å². The van der Waals surface area contributed by atoms with Crippen molar-refractivity contribution in [2.24, 2.45) is 5.92 Å². The lowest BCUT2D eigenvalue weighted by Gasteiger charge is -2.00. The Labute approximate surface area is 48.9 Å². The highest BCUT2D eigenvalue weighted by Gasteiger charge is 1.89. The Hall–Kier alpha value is 0.210. The van der Waals surface area contributed by atoms with Gasteiger partial charge < -0.3 is 0 Å². The second kappa shape index (κ2) is 4.37. The normalized spacial score (nSPS) is 10.3. The molecule has 3 heteroatoms. The third-order valence-corrected chi connectivity index (χ3v) is 0.580. The first-order chi connectivity index (χ1) is 3.27. The molecule has 0 atom stereocenters. The smallest absolute Gasteiger partial charge is 0.0720 e. The molecule has 0 rings (SSSR count). The minimum absolute atomic E-state index is 0.534. The minimum atomic E-state index is 0.534. The average Bonchev–Trinajstić information content (AvgIpc) is 1.61. The fraction of sp³-hybridized carbons (Fsp3) is 1.00. The zero-order valence-electron chi connectivity index (χ0n) is 4.57. The van der Waals surface area contributed by atoms with Gasteiger partial charge in [0.05, 0.1) is 6.61 Å². The van der Waals surface area contributed by atoms with Gasteiger partial charge in [0.1, 0.15) is 0 Å². The van der Waals surface area contributed by atoms with Gasteiger partial charge in [0.15, 0.2) is 0 Å². The molecule has 0 aromatic carbocycles. The van der Waals surface area contributed by atoms with Gasteiger partial charge in [-0.25, -0.2) is 0 Å². The van der Waals surface area contributed by atoms with Crippen LogP contribution in [0.25, 0.3) is 0 Å². The molecule has 2 nitrogen and oxygen atoms in total. The molecule has 0 unspecified atom stereocenters. The highest BCUT2D eigenvalue weighted by atomic mass is 35.5. The average molecular weight is 124 g/mol. The van der Waals surface area contributed by atoms with Crippen LogP contribution in [0.3, 0.4) is 0 Å². The first-order valence-corrected chi connectivity index (χ1v) is 2.62. The summed E-state index contributed by atoms with van der Waals surface area (Å²) in [5.41, 5.74) is 0. The van der Waals surface area contributed by atoms with E-state index in [1.807, 2.05) is 13.8 Å². The Morgan fingerprint density at radius 1 is 1.71 bits per heavy atom. The monoisotopic (exact) mass is 123 g/mol. The molecule has 0 heterocycles. The minimum Gasteiger partial charge on any atom is -0.286 e. The van der Waals surface area contributed by atoms with Crippen molar-refractivity contribution in [2.45, 2.75) is 13.8 Å². The van der Waals surface area contributed by atoms with Crippen molar-refractivity contribution < 1.29 is 4.84 Å². The van der Waals surface area contributed by atoms with Crippen LogP contribution in [0.4, 0.5) is 0 Å². The maximum Gasteiger partial charge on any atom is 0.0720 e. The van der Waals surface area contributed by atoms with Gasteiger partial charge >= 0.3 is 0 Å². The van der Waals surface area contributed by atoms with Crippen LogP contribution in [0.2, 0.25) is 0 Å². The number of rotatable bonds is 3. The molecule has 0 bridgehead atoms. The van der Waals surface area contributed by atoms with E-state index in [0.717, 1.165) is 0 Å². The summed E-state index contributed by atoms with van der Waals surface area (Å²) >= 11 is 4.97. The van der Waals surface area contributed by atoms with Crippen molar-refractivity contribution in [2.75, 3.05) is 6.61 Å². The topological polar surface area (TPSA) is 21.3 Å². The Morgan fingerprint density at radius 3 is 2.43 bits per heavy atom. The van der Waals surface area contributed by atoms with E-state index in [1.54, 1.807) is 0 Å². The second-order valence-corrected chi connectivity index (χ2v) is 1.94. The van der Waals surface area contributed by atoms with Gasteiger partial charge in [-0.2, -0.15) is 0 Å². The molecule has 1 N–H and O–H groups in total. The SMILES string of the molecule is CC(C)CONCl. The Kier molecular flexibility index (Phi) is 4.50. The van der Waals surface area contributed by atoms with Gasteiger partial charge in [-0.15, -0.1) is 5.00 Å². The maximum atomic E-state index is 4.97. The van der Waals surface area contributed by atoms with Crippen LogP contribution in [-0.4, -0.2) is 6.61 Å². The fourth-order valence-electron chi connectivity index (χ4n) is 0.198. The van der Waals surface area contributed by atoms with Crippen molar-refractivity contribution in [3.8, 4) is 0 Å². The highest BCUT2D eigenvalue weighted by molar-refractivity contribution is 6.12. The summed E-state index contributed by atoms with van der Waals surface area (Å²) in [5.74, 6) is 0.534. The highest BCUT2D eigenvalue weighted by Crippen LogP contribution is 1.89. The summed E-state index contributed by atoms with van der Waals surface area (Å²) in [7, 11) is 0. The lowest BCUT2D eigenvalue weighted by atomic mass is 10.2. The van der Waals surface area contributed by atoms with Crippen LogP contribution >= 0.6 is 11.8 Å². The van der Waals surface area contributed by atoms with Gasteiger partial charge in [-0.05, 0) is 5.92 Å². The molecule has 0 fully saturated rings. The Balaban J connectivity index is 2.68. The van der Waals surface area contributed by atoms with Gasteiger partial charge in [0, 0.05) is 11.8 Å². The molecule has 0 saturated heterocycles. The predicted molar refractivity (Wildman–Crippen MR) is 29.8 cm³/mol. The second-order valence-electron chi connectivity index (χ2n) is 1.78. The van der Waals surface area contributed by atoms with E-state index >= 15 is 0 Å². The van der Waals surface area contributed by atoms with E-state index in [1.165, 1.54) is 0 Å². The fourth-order valence-corrected chi connectivity index (χ4v) is 0.261. The van der Waals surface area contributed by atoms with Crippen LogP contribution in [-0.2, 0) is 4.84 Å². The van der Waals surface area contributed by atoms with Gasteiger partial charge in [-0.1, -0.05) is 13.8 Å². The van der Waals surface area contributed by atoms with E-state index in [9.17, 15) is 0 Å². The number of nitrogens with one attached hydrogen (secondary N) is 1. The van der Waals surface area contributed by atoms with Gasteiger partial charge in [-0.3, -0.25) is 4.84 Å². The molecule has 0 radical (unpaired) electrons. The standard InChI is InChI=1S/C4H10ClNO/c1-4(2)3-7-6-5/h4,6H,3H2,1-2H3. The molecule has 0 amide bonds. The van der Waals surface area contributed by atoms with E-state index < -0.39 is 0 Å². The molecule has 0 aliphatic rings. The number of hydrogen-bond donors (Lipinski definition) is 1. The van der Waals surface area contributed by atoms with E-state index in [0.29, 0.717) is 12.5 Å². The van der Waals surface area contributed by atoms with Crippen LogP contribution in [0.1, 0.15) is 13.8 Å². The van der Waals surface area contributed by atoms with Crippen LogP contribution in [0.5, 0.6) is 0 Å². The quantitative estimate of drug-likeness (QED) is 0.452. The largest absolute Gasteiger partial charge is 0.286 e. The molecular formula is C4H10ClNO. The first-order valence-electron chi connectivity index (χ1n) is 2.24. The maximum absolute atomic E-state index is 4.97. The molecule has 0 aliphatic carbocycles. The molecule has 0 aromatic rings. The first kappa shape index (κ1) is 7.21. The molecule has 0 aromatic heterocycles. The van der Waals surface area contributed by atoms with Crippen molar-refractivity contribution in [1.82, 2.24) is 5.00 Å². The molecule has 44 valence electrons. The van der Waals surface area contributed by atoms with Crippen molar-refractivity contribution in [1.29, 1.82) is 0 Å². The van der Waals surface area contributed by atoms with Crippen LogP contribution in [0.15, 0.2) is 0 Å². The number of hydrogen-bond acceptors (Lipinski definition) is 2. The van der Waals surface area contributed by atoms with E-state index in [-0.39, 0.29) is 0 Å². The lowest BCUT2D eigenvalue weighted by molar-refractivity contribution is 0.0738. The lowest BCUT2D eigenvalue weighted by Crippen LogP contribution is -2.07. The van der Waals surface area contributed by atoms with E-state index in [2.05, 4.69) is 9.84 Å². The summed E-state index contributed by atoms with van der Waals surface area (Å²) in [5, 5.41) is 0. The molecule has 0 saturated carbocycles. The summed E-state index contributed by atoms with van der Waals surface area (Å²) in [6.45, 7) is 4.76. The van der Waals surface area contributed by atoms with Crippen molar-refractivity contribution in [3.63, 3.8) is 0 Å².